The number of rotatable bonds is 3. The molecule has 20 heavy (non-hydrogen) atoms. The topological polar surface area (TPSA) is 91.8 Å². The maximum atomic E-state index is 11.2. The molecule has 0 spiro atoms. The molecule has 2 heterocycles. The van der Waals surface area contributed by atoms with Gasteiger partial charge in [0.15, 0.2) is 5.76 Å². The largest absolute Gasteiger partial charge is 0.456 e. The van der Waals surface area contributed by atoms with Gasteiger partial charge in [0.05, 0.1) is 18.1 Å². The normalized spacial score (nSPS) is 16.6. The number of hydrogen-bond acceptors (Lipinski definition) is 5. The lowest BCUT2D eigenvalue weighted by Gasteiger charge is -2.04. The van der Waals surface area contributed by atoms with E-state index >= 15 is 0 Å². The Hall–Kier alpha value is -1.67. The number of ether oxygens (including phenoxy) is 2. The second-order valence-electron chi connectivity index (χ2n) is 4.34. The maximum absolute atomic E-state index is 11.2. The average Bonchev–Trinajstić information content (AvgIpc) is 3.09. The Morgan fingerprint density at radius 3 is 2.25 bits per heavy atom. The molecule has 0 atom stereocenters. The van der Waals surface area contributed by atoms with E-state index in [1.54, 1.807) is 24.3 Å². The predicted molar refractivity (Wildman–Crippen MR) is 70.2 cm³/mol. The van der Waals surface area contributed by atoms with Crippen molar-refractivity contribution in [2.24, 2.45) is 5.14 Å². The molecule has 0 aliphatic carbocycles. The van der Waals surface area contributed by atoms with Gasteiger partial charge in [0, 0.05) is 5.56 Å². The van der Waals surface area contributed by atoms with Crippen molar-refractivity contribution in [3.05, 3.63) is 42.2 Å². The maximum Gasteiger partial charge on any atom is 0.238 e. The first-order valence-electron chi connectivity index (χ1n) is 6.00. The van der Waals surface area contributed by atoms with Gasteiger partial charge in [-0.1, -0.05) is 0 Å². The van der Waals surface area contributed by atoms with Gasteiger partial charge in [-0.15, -0.1) is 0 Å². The molecule has 1 saturated heterocycles. The van der Waals surface area contributed by atoms with Crippen molar-refractivity contribution >= 4 is 10.0 Å². The Morgan fingerprint density at radius 2 is 1.65 bits per heavy atom. The summed E-state index contributed by atoms with van der Waals surface area (Å²) >= 11 is 0. The molecule has 6 nitrogen and oxygen atoms in total. The zero-order valence-corrected chi connectivity index (χ0v) is 11.3. The average molecular weight is 295 g/mol. The van der Waals surface area contributed by atoms with Crippen molar-refractivity contribution in [2.75, 3.05) is 13.2 Å². The highest BCUT2D eigenvalue weighted by atomic mass is 32.2. The van der Waals surface area contributed by atoms with Gasteiger partial charge >= 0.3 is 0 Å². The third-order valence-electron chi connectivity index (χ3n) is 2.95. The second kappa shape index (κ2) is 5.02. The van der Waals surface area contributed by atoms with Gasteiger partial charge in [-0.2, -0.15) is 0 Å². The Bertz CT molecular complexity index is 699. The van der Waals surface area contributed by atoms with Crippen LogP contribution in [0.15, 0.2) is 45.7 Å². The molecule has 2 N–H and O–H groups in total. The Labute approximate surface area is 116 Å². The van der Waals surface area contributed by atoms with Gasteiger partial charge in [0.25, 0.3) is 0 Å². The smallest absolute Gasteiger partial charge is 0.238 e. The molecular formula is C13H13NO5S. The van der Waals surface area contributed by atoms with E-state index in [0.29, 0.717) is 24.7 Å². The minimum Gasteiger partial charge on any atom is -0.456 e. The number of benzene rings is 1. The molecule has 0 radical (unpaired) electrons. The summed E-state index contributed by atoms with van der Waals surface area (Å²) in [5, 5.41) is 5.05. The minimum atomic E-state index is -3.68. The fourth-order valence-electron chi connectivity index (χ4n) is 1.97. The van der Waals surface area contributed by atoms with Crippen molar-refractivity contribution in [3.63, 3.8) is 0 Å². The van der Waals surface area contributed by atoms with E-state index in [0.717, 1.165) is 5.56 Å². The lowest BCUT2D eigenvalue weighted by molar-refractivity contribution is -0.0585. The van der Waals surface area contributed by atoms with Gasteiger partial charge in [-0.25, -0.2) is 13.6 Å². The number of furan rings is 1. The molecule has 0 unspecified atom stereocenters. The molecule has 0 amide bonds. The summed E-state index contributed by atoms with van der Waals surface area (Å²) in [6.45, 7) is 1.09. The molecule has 1 aromatic carbocycles. The molecular weight excluding hydrogens is 282 g/mol. The van der Waals surface area contributed by atoms with Gasteiger partial charge in [-0.05, 0) is 36.4 Å². The first kappa shape index (κ1) is 13.3. The molecule has 0 bridgehead atoms. The van der Waals surface area contributed by atoms with E-state index in [9.17, 15) is 8.42 Å². The fourth-order valence-corrected chi connectivity index (χ4v) is 2.48. The van der Waals surface area contributed by atoms with Gasteiger partial charge in [0.2, 0.25) is 16.3 Å². The van der Waals surface area contributed by atoms with Crippen molar-refractivity contribution in [1.29, 1.82) is 0 Å². The van der Waals surface area contributed by atoms with Crippen molar-refractivity contribution in [2.45, 2.75) is 11.2 Å². The van der Waals surface area contributed by atoms with E-state index in [4.69, 9.17) is 19.0 Å². The molecule has 0 saturated carbocycles. The van der Waals surface area contributed by atoms with E-state index in [2.05, 4.69) is 0 Å². The van der Waals surface area contributed by atoms with Crippen LogP contribution in [0.25, 0.3) is 11.3 Å². The van der Waals surface area contributed by atoms with Crippen LogP contribution < -0.4 is 5.14 Å². The van der Waals surface area contributed by atoms with Crippen LogP contribution in [-0.4, -0.2) is 21.6 Å². The monoisotopic (exact) mass is 295 g/mol. The van der Waals surface area contributed by atoms with Crippen LogP contribution >= 0.6 is 0 Å². The number of nitrogens with two attached hydrogens (primary N) is 1. The molecule has 1 aromatic heterocycles. The van der Waals surface area contributed by atoms with E-state index in [1.807, 2.05) is 0 Å². The summed E-state index contributed by atoms with van der Waals surface area (Å²) in [5.74, 6) is 1.20. The van der Waals surface area contributed by atoms with E-state index in [-0.39, 0.29) is 4.90 Å². The SMILES string of the molecule is NS(=O)(=O)c1ccc(-c2ccc(C3OCCO3)o2)cc1. The van der Waals surface area contributed by atoms with Crippen molar-refractivity contribution in [1.82, 2.24) is 0 Å². The molecule has 7 heteroatoms. The molecule has 1 aliphatic rings. The van der Waals surface area contributed by atoms with Gasteiger partial charge in [-0.3, -0.25) is 0 Å². The summed E-state index contributed by atoms with van der Waals surface area (Å²) in [6, 6.07) is 9.72. The minimum absolute atomic E-state index is 0.0653. The van der Waals surface area contributed by atoms with Crippen LogP contribution in [0.4, 0.5) is 0 Å². The predicted octanol–water partition coefficient (Wildman–Crippen LogP) is 1.64. The summed E-state index contributed by atoms with van der Waals surface area (Å²) in [4.78, 5) is 0.0653. The third-order valence-corrected chi connectivity index (χ3v) is 3.88. The zero-order chi connectivity index (χ0) is 14.2. The van der Waals surface area contributed by atoms with Crippen LogP contribution in [0, 0.1) is 0 Å². The summed E-state index contributed by atoms with van der Waals surface area (Å²) in [7, 11) is -3.68. The zero-order valence-electron chi connectivity index (χ0n) is 10.5. The van der Waals surface area contributed by atoms with Gasteiger partial charge < -0.3 is 13.9 Å². The number of sulfonamides is 1. The van der Waals surface area contributed by atoms with E-state index in [1.165, 1.54) is 12.1 Å². The highest BCUT2D eigenvalue weighted by Crippen LogP contribution is 2.29. The standard InChI is InChI=1S/C13H13NO5S/c14-20(15,16)10-3-1-9(2-4-10)11-5-6-12(19-11)13-17-7-8-18-13/h1-6,13H,7-8H2,(H2,14,15,16). The quantitative estimate of drug-likeness (QED) is 0.929. The first-order chi connectivity index (χ1) is 9.54. The molecule has 1 aliphatic heterocycles. The van der Waals surface area contributed by atoms with Crippen LogP contribution in [0.1, 0.15) is 12.1 Å². The fraction of sp³-hybridized carbons (Fsp3) is 0.231. The molecule has 3 rings (SSSR count). The van der Waals surface area contributed by atoms with Crippen molar-refractivity contribution < 1.29 is 22.3 Å². The lowest BCUT2D eigenvalue weighted by atomic mass is 10.2. The van der Waals surface area contributed by atoms with Crippen LogP contribution in [-0.2, 0) is 19.5 Å². The van der Waals surface area contributed by atoms with Crippen LogP contribution in [0.5, 0.6) is 0 Å². The summed E-state index contributed by atoms with van der Waals surface area (Å²) < 4.78 is 38.7. The van der Waals surface area contributed by atoms with Crippen LogP contribution in [0.3, 0.4) is 0 Å². The molecule has 2 aromatic rings. The number of primary sulfonamides is 1. The Morgan fingerprint density at radius 1 is 1.00 bits per heavy atom. The summed E-state index contributed by atoms with van der Waals surface area (Å²) in [5.41, 5.74) is 0.752. The van der Waals surface area contributed by atoms with E-state index < -0.39 is 16.3 Å². The molecule has 1 fully saturated rings. The third kappa shape index (κ3) is 2.61. The first-order valence-corrected chi connectivity index (χ1v) is 7.55. The second-order valence-corrected chi connectivity index (χ2v) is 5.91. The van der Waals surface area contributed by atoms with Gasteiger partial charge in [0.1, 0.15) is 5.76 Å². The highest BCUT2D eigenvalue weighted by molar-refractivity contribution is 7.89. The lowest BCUT2D eigenvalue weighted by Crippen LogP contribution is -2.11. The highest BCUT2D eigenvalue weighted by Gasteiger charge is 2.22. The Kier molecular flexibility index (Phi) is 3.35. The van der Waals surface area contributed by atoms with Crippen molar-refractivity contribution in [3.8, 4) is 11.3 Å². The summed E-state index contributed by atoms with van der Waals surface area (Å²) in [6.07, 6.45) is -0.465. The van der Waals surface area contributed by atoms with Crippen LogP contribution in [0.2, 0.25) is 0 Å². The number of hydrogen-bond donors (Lipinski definition) is 1. The Balaban J connectivity index is 1.86. The molecule has 106 valence electrons.